The van der Waals surface area contributed by atoms with E-state index in [4.69, 9.17) is 11.6 Å². The Morgan fingerprint density at radius 1 is 1.32 bits per heavy atom. The molecule has 1 aromatic rings. The Kier molecular flexibility index (Phi) is 2.78. The van der Waals surface area contributed by atoms with Crippen molar-refractivity contribution in [1.82, 2.24) is 4.90 Å². The van der Waals surface area contributed by atoms with Crippen LogP contribution < -0.4 is 0 Å². The predicted molar refractivity (Wildman–Crippen MR) is 69.9 cm³/mol. The van der Waals surface area contributed by atoms with Crippen LogP contribution in [0.3, 0.4) is 0 Å². The maximum atomic E-state index is 12.3. The molecule has 1 aliphatic carbocycles. The number of hydrogen-bond acceptors (Lipinski definition) is 2. The van der Waals surface area contributed by atoms with E-state index in [-0.39, 0.29) is 5.91 Å². The molecule has 2 aliphatic rings. The van der Waals surface area contributed by atoms with Gasteiger partial charge in [-0.2, -0.15) is 0 Å². The zero-order chi connectivity index (χ0) is 13.6. The highest BCUT2D eigenvalue weighted by molar-refractivity contribution is 6.31. The van der Waals surface area contributed by atoms with E-state index in [0.717, 1.165) is 16.1 Å². The van der Waals surface area contributed by atoms with Crippen LogP contribution in [0, 0.1) is 5.41 Å². The molecule has 1 fully saturated rings. The Labute approximate surface area is 116 Å². The lowest BCUT2D eigenvalue weighted by atomic mass is 9.97. The summed E-state index contributed by atoms with van der Waals surface area (Å²) in [7, 11) is 0. The van der Waals surface area contributed by atoms with Gasteiger partial charge in [-0.15, -0.1) is 0 Å². The van der Waals surface area contributed by atoms with Gasteiger partial charge in [0, 0.05) is 18.1 Å². The van der Waals surface area contributed by atoms with Gasteiger partial charge in [0.25, 0.3) is 0 Å². The Morgan fingerprint density at radius 3 is 2.68 bits per heavy atom. The summed E-state index contributed by atoms with van der Waals surface area (Å²) in [4.78, 5) is 25.2. The average molecular weight is 280 g/mol. The lowest BCUT2D eigenvalue weighted by Crippen LogP contribution is -2.43. The van der Waals surface area contributed by atoms with E-state index >= 15 is 0 Å². The summed E-state index contributed by atoms with van der Waals surface area (Å²) >= 11 is 6.12. The lowest BCUT2D eigenvalue weighted by molar-refractivity contribution is -0.153. The number of halogens is 1. The molecular weight excluding hydrogens is 266 g/mol. The minimum Gasteiger partial charge on any atom is -0.480 e. The van der Waals surface area contributed by atoms with Gasteiger partial charge in [-0.25, -0.2) is 0 Å². The molecule has 1 N–H and O–H groups in total. The van der Waals surface area contributed by atoms with E-state index in [1.165, 1.54) is 0 Å². The number of carboxylic acid groups (broad SMARTS) is 1. The molecule has 4 nitrogen and oxygen atoms in total. The van der Waals surface area contributed by atoms with Gasteiger partial charge in [0.15, 0.2) is 0 Å². The van der Waals surface area contributed by atoms with E-state index in [1.807, 2.05) is 18.2 Å². The molecule has 1 aromatic carbocycles. The minimum atomic E-state index is -1.14. The first-order chi connectivity index (χ1) is 9.04. The van der Waals surface area contributed by atoms with Gasteiger partial charge in [-0.3, -0.25) is 9.59 Å². The second-order valence-corrected chi connectivity index (χ2v) is 5.65. The second-order valence-electron chi connectivity index (χ2n) is 5.24. The van der Waals surface area contributed by atoms with Gasteiger partial charge in [0.05, 0.1) is 0 Å². The summed E-state index contributed by atoms with van der Waals surface area (Å²) in [5.41, 5.74) is 0.956. The standard InChI is InChI=1S/C14H14ClNO3/c15-11-3-1-2-9-8-16(7-4-10(9)11)12(17)14(5-6-14)13(18)19/h1-3H,4-8H2,(H,18,19). The predicted octanol–water partition coefficient (Wildman–Crippen LogP) is 2.09. The fourth-order valence-electron chi connectivity index (χ4n) is 2.68. The van der Waals surface area contributed by atoms with Crippen molar-refractivity contribution in [2.75, 3.05) is 6.54 Å². The number of amides is 1. The number of hydrogen-bond donors (Lipinski definition) is 1. The lowest BCUT2D eigenvalue weighted by Gasteiger charge is -2.31. The van der Waals surface area contributed by atoms with E-state index < -0.39 is 11.4 Å². The molecule has 1 heterocycles. The van der Waals surface area contributed by atoms with Crippen molar-refractivity contribution in [3.8, 4) is 0 Å². The van der Waals surface area contributed by atoms with E-state index in [2.05, 4.69) is 0 Å². The van der Waals surface area contributed by atoms with Crippen LogP contribution in [0.2, 0.25) is 5.02 Å². The Hall–Kier alpha value is -1.55. The molecule has 5 heteroatoms. The quantitative estimate of drug-likeness (QED) is 0.844. The monoisotopic (exact) mass is 279 g/mol. The number of carboxylic acids is 1. The summed E-state index contributed by atoms with van der Waals surface area (Å²) in [5.74, 6) is -1.24. The summed E-state index contributed by atoms with van der Waals surface area (Å²) < 4.78 is 0. The van der Waals surface area contributed by atoms with Crippen molar-refractivity contribution in [2.45, 2.75) is 25.8 Å². The molecule has 0 atom stereocenters. The second kappa shape index (κ2) is 4.23. The van der Waals surface area contributed by atoms with E-state index in [9.17, 15) is 14.7 Å². The van der Waals surface area contributed by atoms with Gasteiger partial charge >= 0.3 is 5.97 Å². The summed E-state index contributed by atoms with van der Waals surface area (Å²) in [6, 6.07) is 5.65. The molecular formula is C14H14ClNO3. The van der Waals surface area contributed by atoms with E-state index in [1.54, 1.807) is 4.90 Å². The zero-order valence-electron chi connectivity index (χ0n) is 10.4. The molecule has 1 aliphatic heterocycles. The third kappa shape index (κ3) is 1.91. The van der Waals surface area contributed by atoms with Gasteiger partial charge in [-0.05, 0) is 36.5 Å². The number of carbonyl (C=O) groups excluding carboxylic acids is 1. The smallest absolute Gasteiger partial charge is 0.319 e. The Balaban J connectivity index is 1.83. The summed E-state index contributed by atoms with van der Waals surface area (Å²) in [6.07, 6.45) is 1.61. The van der Waals surface area contributed by atoms with Gasteiger partial charge in [0.2, 0.25) is 5.91 Å². The number of nitrogens with zero attached hydrogens (tertiary/aromatic N) is 1. The average Bonchev–Trinajstić information content (AvgIpc) is 3.19. The van der Waals surface area contributed by atoms with Crippen LogP contribution in [0.1, 0.15) is 24.0 Å². The van der Waals surface area contributed by atoms with Crippen LogP contribution in [-0.2, 0) is 22.6 Å². The number of carbonyl (C=O) groups is 2. The van der Waals surface area contributed by atoms with Crippen LogP contribution in [0.25, 0.3) is 0 Å². The van der Waals surface area contributed by atoms with Crippen molar-refractivity contribution in [2.24, 2.45) is 5.41 Å². The van der Waals surface area contributed by atoms with Crippen molar-refractivity contribution in [3.05, 3.63) is 34.3 Å². The first-order valence-electron chi connectivity index (χ1n) is 6.34. The van der Waals surface area contributed by atoms with Crippen molar-refractivity contribution in [1.29, 1.82) is 0 Å². The SMILES string of the molecule is O=C(O)C1(C(=O)N2CCc3c(Cl)cccc3C2)CC1. The number of aliphatic carboxylic acids is 1. The highest BCUT2D eigenvalue weighted by Gasteiger charge is 2.58. The minimum absolute atomic E-state index is 0.245. The van der Waals surface area contributed by atoms with Crippen LogP contribution in [0.5, 0.6) is 0 Å². The maximum Gasteiger partial charge on any atom is 0.319 e. The molecule has 0 aromatic heterocycles. The van der Waals surface area contributed by atoms with Crippen molar-refractivity contribution < 1.29 is 14.7 Å². The first-order valence-corrected chi connectivity index (χ1v) is 6.71. The molecule has 1 saturated carbocycles. The molecule has 0 unspecified atom stereocenters. The van der Waals surface area contributed by atoms with Crippen LogP contribution >= 0.6 is 11.6 Å². The molecule has 100 valence electrons. The third-order valence-electron chi connectivity index (χ3n) is 4.06. The fourth-order valence-corrected chi connectivity index (χ4v) is 2.97. The maximum absolute atomic E-state index is 12.3. The molecule has 1 amide bonds. The van der Waals surface area contributed by atoms with Crippen LogP contribution in [-0.4, -0.2) is 28.4 Å². The molecule has 0 radical (unpaired) electrons. The zero-order valence-corrected chi connectivity index (χ0v) is 11.1. The Morgan fingerprint density at radius 2 is 2.05 bits per heavy atom. The summed E-state index contributed by atoms with van der Waals surface area (Å²) in [5, 5.41) is 9.90. The summed E-state index contributed by atoms with van der Waals surface area (Å²) in [6.45, 7) is 1.01. The number of fused-ring (bicyclic) bond motifs is 1. The van der Waals surface area contributed by atoms with Gasteiger partial charge in [0.1, 0.15) is 5.41 Å². The third-order valence-corrected chi connectivity index (χ3v) is 4.42. The molecule has 0 saturated heterocycles. The normalized spacial score (nSPS) is 19.7. The number of rotatable bonds is 2. The highest BCUT2D eigenvalue weighted by Crippen LogP contribution is 2.48. The van der Waals surface area contributed by atoms with Crippen LogP contribution in [0.4, 0.5) is 0 Å². The van der Waals surface area contributed by atoms with Crippen molar-refractivity contribution >= 4 is 23.5 Å². The molecule has 0 bridgehead atoms. The van der Waals surface area contributed by atoms with Gasteiger partial charge < -0.3 is 10.0 Å². The molecule has 3 rings (SSSR count). The highest BCUT2D eigenvalue weighted by atomic mass is 35.5. The molecule has 0 spiro atoms. The Bertz CT molecular complexity index is 566. The van der Waals surface area contributed by atoms with E-state index in [0.29, 0.717) is 32.4 Å². The topological polar surface area (TPSA) is 57.6 Å². The van der Waals surface area contributed by atoms with Crippen molar-refractivity contribution in [3.63, 3.8) is 0 Å². The largest absolute Gasteiger partial charge is 0.480 e. The van der Waals surface area contributed by atoms with Crippen LogP contribution in [0.15, 0.2) is 18.2 Å². The number of benzene rings is 1. The molecule has 19 heavy (non-hydrogen) atoms. The van der Waals surface area contributed by atoms with Gasteiger partial charge in [-0.1, -0.05) is 23.7 Å². The first kappa shape index (κ1) is 12.5. The fraction of sp³-hybridized carbons (Fsp3) is 0.429.